The number of aromatic nitrogens is 1. The van der Waals surface area contributed by atoms with Crippen molar-refractivity contribution in [2.24, 2.45) is 4.99 Å². The first-order valence-corrected chi connectivity index (χ1v) is 11.3. The summed E-state index contributed by atoms with van der Waals surface area (Å²) >= 11 is 1.70. The molecule has 0 unspecified atom stereocenters. The lowest BCUT2D eigenvalue weighted by Crippen LogP contribution is -2.19. The lowest BCUT2D eigenvalue weighted by molar-refractivity contribution is 0.628. The molecule has 0 saturated carbocycles. The van der Waals surface area contributed by atoms with Crippen molar-refractivity contribution in [3.8, 4) is 10.4 Å². The number of benzene rings is 2. The summed E-state index contributed by atoms with van der Waals surface area (Å²) in [5, 5.41) is 4.63. The Morgan fingerprint density at radius 2 is 1.97 bits per heavy atom. The van der Waals surface area contributed by atoms with Crippen LogP contribution >= 0.6 is 11.3 Å². The number of H-pyrrole nitrogens is 1. The highest BCUT2D eigenvalue weighted by molar-refractivity contribution is 7.15. The van der Waals surface area contributed by atoms with Gasteiger partial charge >= 0.3 is 0 Å². The number of aryl methyl sites for hydroxylation is 1. The Balaban J connectivity index is 1.58. The molecule has 2 aromatic heterocycles. The van der Waals surface area contributed by atoms with Crippen molar-refractivity contribution >= 4 is 28.1 Å². The van der Waals surface area contributed by atoms with Crippen LogP contribution in [0.3, 0.4) is 0 Å². The van der Waals surface area contributed by atoms with Gasteiger partial charge < -0.3 is 10.3 Å². The van der Waals surface area contributed by atoms with Gasteiger partial charge in [0.2, 0.25) is 0 Å². The van der Waals surface area contributed by atoms with Crippen molar-refractivity contribution in [2.45, 2.75) is 26.7 Å². The number of allylic oxidation sites excluding steroid dienone is 1. The molecule has 0 aliphatic rings. The van der Waals surface area contributed by atoms with Crippen LogP contribution in [-0.2, 0) is 6.42 Å². The first kappa shape index (κ1) is 21.1. The topological polar surface area (TPSA) is 40.2 Å². The van der Waals surface area contributed by atoms with Crippen LogP contribution in [0.4, 0.5) is 4.39 Å². The molecular weight excluding hydrogens is 405 g/mol. The second-order valence-electron chi connectivity index (χ2n) is 7.38. The zero-order chi connectivity index (χ0) is 21.6. The summed E-state index contributed by atoms with van der Waals surface area (Å²) in [6.45, 7) is 4.90. The van der Waals surface area contributed by atoms with Crippen molar-refractivity contribution in [1.29, 1.82) is 0 Å². The minimum absolute atomic E-state index is 0.219. The van der Waals surface area contributed by atoms with E-state index in [0.29, 0.717) is 6.54 Å². The number of nitrogens with one attached hydrogen (secondary N) is 2. The Morgan fingerprint density at radius 1 is 1.16 bits per heavy atom. The number of nitrogens with zero attached hydrogens (tertiary/aromatic N) is 1. The minimum Gasteiger partial charge on any atom is -0.361 e. The summed E-state index contributed by atoms with van der Waals surface area (Å²) in [7, 11) is 0. The zero-order valence-corrected chi connectivity index (χ0v) is 18.6. The smallest absolute Gasteiger partial charge is 0.133 e. The third-order valence-corrected chi connectivity index (χ3v) is 6.30. The fraction of sp³-hybridized carbons (Fsp3) is 0.192. The standard InChI is InChI=1S/C26H26FN3S/c1-3-4-14-28-26(29-15-13-20-17-30-24-8-6-5-7-22(20)24)23-16-25(31-18(23)2)19-9-11-21(27)12-10-19/h4-12,14,16-17,30H,3,13,15H2,1-2H3,(H,28,29)/b14-4+. The van der Waals surface area contributed by atoms with Crippen LogP contribution in [-0.4, -0.2) is 17.4 Å². The second-order valence-corrected chi connectivity index (χ2v) is 8.64. The van der Waals surface area contributed by atoms with E-state index >= 15 is 0 Å². The lowest BCUT2D eigenvalue weighted by Gasteiger charge is -2.07. The van der Waals surface area contributed by atoms with Crippen LogP contribution in [0.25, 0.3) is 21.3 Å². The number of hydrogen-bond acceptors (Lipinski definition) is 2. The van der Waals surface area contributed by atoms with Gasteiger partial charge in [0.25, 0.3) is 0 Å². The molecule has 0 fully saturated rings. The van der Waals surface area contributed by atoms with Gasteiger partial charge in [0.05, 0.1) is 0 Å². The molecule has 158 valence electrons. The van der Waals surface area contributed by atoms with Crippen LogP contribution in [0.15, 0.2) is 78.1 Å². The average Bonchev–Trinajstić information content (AvgIpc) is 3.37. The van der Waals surface area contributed by atoms with E-state index in [-0.39, 0.29) is 5.82 Å². The summed E-state index contributed by atoms with van der Waals surface area (Å²) in [5.74, 6) is 0.648. The molecule has 2 heterocycles. The minimum atomic E-state index is -0.219. The van der Waals surface area contributed by atoms with Gasteiger partial charge in [-0.1, -0.05) is 43.3 Å². The van der Waals surface area contributed by atoms with Gasteiger partial charge in [-0.3, -0.25) is 4.99 Å². The molecule has 3 nitrogen and oxygen atoms in total. The normalized spacial score (nSPS) is 12.2. The first-order chi connectivity index (χ1) is 15.2. The summed E-state index contributed by atoms with van der Waals surface area (Å²) < 4.78 is 13.3. The number of rotatable bonds is 7. The molecule has 0 atom stereocenters. The molecule has 0 amide bonds. The molecule has 0 saturated heterocycles. The molecule has 4 aromatic rings. The lowest BCUT2D eigenvalue weighted by atomic mass is 10.1. The van der Waals surface area contributed by atoms with Crippen molar-refractivity contribution in [2.75, 3.05) is 6.54 Å². The van der Waals surface area contributed by atoms with E-state index in [0.717, 1.165) is 40.2 Å². The van der Waals surface area contributed by atoms with E-state index in [1.807, 2.05) is 24.4 Å². The molecule has 0 bridgehead atoms. The Labute approximate surface area is 186 Å². The summed E-state index contributed by atoms with van der Waals surface area (Å²) in [4.78, 5) is 10.5. The van der Waals surface area contributed by atoms with Gasteiger partial charge in [-0.05, 0) is 61.4 Å². The molecule has 0 radical (unpaired) electrons. The maximum atomic E-state index is 13.3. The van der Waals surface area contributed by atoms with Crippen LogP contribution in [0.1, 0.15) is 29.3 Å². The zero-order valence-electron chi connectivity index (χ0n) is 17.8. The highest BCUT2D eigenvalue weighted by atomic mass is 32.1. The number of halogens is 1. The van der Waals surface area contributed by atoms with E-state index in [1.165, 1.54) is 28.0 Å². The van der Waals surface area contributed by atoms with Crippen LogP contribution in [0.2, 0.25) is 0 Å². The van der Waals surface area contributed by atoms with E-state index < -0.39 is 0 Å². The number of aromatic amines is 1. The number of fused-ring (bicyclic) bond motifs is 1. The molecule has 5 heteroatoms. The van der Waals surface area contributed by atoms with Crippen LogP contribution in [0.5, 0.6) is 0 Å². The van der Waals surface area contributed by atoms with Crippen molar-refractivity contribution in [1.82, 2.24) is 10.3 Å². The number of aliphatic imine (C=N–C) groups is 1. The Bertz CT molecular complexity index is 1220. The average molecular weight is 432 g/mol. The van der Waals surface area contributed by atoms with E-state index in [1.54, 1.807) is 11.3 Å². The summed E-state index contributed by atoms with van der Waals surface area (Å²) in [6, 6.07) is 17.1. The van der Waals surface area contributed by atoms with Crippen LogP contribution in [0, 0.1) is 12.7 Å². The van der Waals surface area contributed by atoms with E-state index in [4.69, 9.17) is 4.99 Å². The predicted molar refractivity (Wildman–Crippen MR) is 130 cm³/mol. The van der Waals surface area contributed by atoms with Gasteiger partial charge in [0.1, 0.15) is 11.7 Å². The third-order valence-electron chi connectivity index (χ3n) is 5.20. The highest BCUT2D eigenvalue weighted by Crippen LogP contribution is 2.31. The molecule has 2 aromatic carbocycles. The largest absolute Gasteiger partial charge is 0.361 e. The van der Waals surface area contributed by atoms with E-state index in [2.05, 4.69) is 60.7 Å². The van der Waals surface area contributed by atoms with Gasteiger partial charge in [0, 0.05) is 39.0 Å². The van der Waals surface area contributed by atoms with Crippen molar-refractivity contribution in [3.63, 3.8) is 0 Å². The Morgan fingerprint density at radius 3 is 2.77 bits per heavy atom. The van der Waals surface area contributed by atoms with Crippen molar-refractivity contribution < 1.29 is 4.39 Å². The van der Waals surface area contributed by atoms with Gasteiger partial charge in [-0.15, -0.1) is 11.3 Å². The summed E-state index contributed by atoms with van der Waals surface area (Å²) in [5.41, 5.74) is 4.53. The molecular formula is C26H26FN3S. The fourth-order valence-electron chi connectivity index (χ4n) is 3.56. The molecule has 0 spiro atoms. The Hall–Kier alpha value is -3.18. The summed E-state index contributed by atoms with van der Waals surface area (Å²) in [6.07, 6.45) is 7.93. The number of thiophene rings is 1. The van der Waals surface area contributed by atoms with E-state index in [9.17, 15) is 4.39 Å². The fourth-order valence-corrected chi connectivity index (χ4v) is 4.59. The Kier molecular flexibility index (Phi) is 6.63. The van der Waals surface area contributed by atoms with Crippen LogP contribution < -0.4 is 5.32 Å². The van der Waals surface area contributed by atoms with Gasteiger partial charge in [0.15, 0.2) is 0 Å². The maximum Gasteiger partial charge on any atom is 0.133 e. The SMILES string of the molecule is CC/C=C/NC(=NCCc1c[nH]c2ccccc12)c1cc(-c2ccc(F)cc2)sc1C. The molecule has 0 aliphatic heterocycles. The number of para-hydroxylation sites is 1. The molecule has 4 rings (SSSR count). The molecule has 0 aliphatic carbocycles. The second kappa shape index (κ2) is 9.75. The third kappa shape index (κ3) is 4.94. The van der Waals surface area contributed by atoms with Gasteiger partial charge in [-0.2, -0.15) is 0 Å². The highest BCUT2D eigenvalue weighted by Gasteiger charge is 2.13. The quantitative estimate of drug-likeness (QED) is 0.244. The molecule has 2 N–H and O–H groups in total. The molecule has 31 heavy (non-hydrogen) atoms. The monoisotopic (exact) mass is 431 g/mol. The maximum absolute atomic E-state index is 13.3. The van der Waals surface area contributed by atoms with Crippen molar-refractivity contribution in [3.05, 3.63) is 94.9 Å². The number of hydrogen-bond donors (Lipinski definition) is 2. The van der Waals surface area contributed by atoms with Gasteiger partial charge in [-0.25, -0.2) is 4.39 Å². The first-order valence-electron chi connectivity index (χ1n) is 10.5. The predicted octanol–water partition coefficient (Wildman–Crippen LogP) is 6.85. The number of amidine groups is 1.